The molecule has 0 radical (unpaired) electrons. The van der Waals surface area contributed by atoms with Crippen LogP contribution in [-0.4, -0.2) is 60.1 Å². The summed E-state index contributed by atoms with van der Waals surface area (Å²) in [6.45, 7) is 0.507. The van der Waals surface area contributed by atoms with Crippen LogP contribution < -0.4 is 11.1 Å². The van der Waals surface area contributed by atoms with Gasteiger partial charge in [0.1, 0.15) is 6.04 Å². The SMILES string of the molecule is COC(=O)CC[C@@H](NC(=O)N1CCC(C(N)=O)C1)C(=O)O. The van der Waals surface area contributed by atoms with Gasteiger partial charge in [-0.25, -0.2) is 9.59 Å². The van der Waals surface area contributed by atoms with Crippen molar-refractivity contribution in [3.8, 4) is 0 Å². The van der Waals surface area contributed by atoms with E-state index in [9.17, 15) is 19.2 Å². The number of aliphatic carboxylic acids is 1. The number of primary amides is 1. The molecule has 1 unspecified atom stereocenters. The van der Waals surface area contributed by atoms with E-state index in [1.807, 2.05) is 0 Å². The fourth-order valence-electron chi connectivity index (χ4n) is 2.04. The average molecular weight is 301 g/mol. The number of esters is 1. The van der Waals surface area contributed by atoms with Gasteiger partial charge in [-0.2, -0.15) is 0 Å². The van der Waals surface area contributed by atoms with Crippen molar-refractivity contribution in [1.82, 2.24) is 10.2 Å². The number of urea groups is 1. The number of likely N-dealkylation sites (tertiary alicyclic amines) is 1. The summed E-state index contributed by atoms with van der Waals surface area (Å²) in [7, 11) is 1.20. The molecule has 2 atom stereocenters. The number of hydrogen-bond acceptors (Lipinski definition) is 5. The Labute approximate surface area is 121 Å². The Bertz CT molecular complexity index is 439. The molecule has 0 aromatic carbocycles. The number of nitrogens with one attached hydrogen (secondary N) is 1. The molecule has 21 heavy (non-hydrogen) atoms. The summed E-state index contributed by atoms with van der Waals surface area (Å²) < 4.78 is 4.42. The molecular weight excluding hydrogens is 282 g/mol. The van der Waals surface area contributed by atoms with E-state index in [1.165, 1.54) is 12.0 Å². The predicted octanol–water partition coefficient (Wildman–Crippen LogP) is -1.09. The molecule has 0 aliphatic carbocycles. The lowest BCUT2D eigenvalue weighted by atomic mass is 10.1. The molecule has 1 saturated heterocycles. The summed E-state index contributed by atoms with van der Waals surface area (Å²) >= 11 is 0. The van der Waals surface area contributed by atoms with Crippen LogP contribution >= 0.6 is 0 Å². The standard InChI is InChI=1S/C12H19N3O6/c1-21-9(16)3-2-8(11(18)19)14-12(20)15-5-4-7(6-15)10(13)17/h7-8H,2-6H2,1H3,(H2,13,17)(H,14,20)(H,18,19)/t7?,8-/m1/s1. The van der Waals surface area contributed by atoms with Crippen LogP contribution in [0.25, 0.3) is 0 Å². The van der Waals surface area contributed by atoms with E-state index in [1.54, 1.807) is 0 Å². The minimum absolute atomic E-state index is 0.0686. The van der Waals surface area contributed by atoms with Crippen molar-refractivity contribution in [1.29, 1.82) is 0 Å². The Balaban J connectivity index is 2.51. The molecule has 9 heteroatoms. The van der Waals surface area contributed by atoms with Crippen molar-refractivity contribution >= 4 is 23.9 Å². The first-order valence-electron chi connectivity index (χ1n) is 6.49. The Hall–Kier alpha value is -2.32. The number of carbonyl (C=O) groups excluding carboxylic acids is 3. The van der Waals surface area contributed by atoms with Crippen LogP contribution in [-0.2, 0) is 19.1 Å². The summed E-state index contributed by atoms with van der Waals surface area (Å²) in [5.41, 5.74) is 5.16. The van der Waals surface area contributed by atoms with Gasteiger partial charge in [0.25, 0.3) is 0 Å². The number of nitrogens with zero attached hydrogens (tertiary/aromatic N) is 1. The van der Waals surface area contributed by atoms with Crippen molar-refractivity contribution < 1.29 is 29.0 Å². The van der Waals surface area contributed by atoms with E-state index in [0.29, 0.717) is 13.0 Å². The van der Waals surface area contributed by atoms with Crippen LogP contribution in [0.2, 0.25) is 0 Å². The first kappa shape index (κ1) is 16.7. The Kier molecular flexibility index (Phi) is 5.94. The highest BCUT2D eigenvalue weighted by Gasteiger charge is 2.31. The van der Waals surface area contributed by atoms with Crippen LogP contribution in [0.5, 0.6) is 0 Å². The lowest BCUT2D eigenvalue weighted by molar-refractivity contribution is -0.142. The molecule has 0 aromatic heterocycles. The van der Waals surface area contributed by atoms with Crippen LogP contribution in [0.3, 0.4) is 0 Å². The summed E-state index contributed by atoms with van der Waals surface area (Å²) in [6, 6.07) is -1.78. The summed E-state index contributed by atoms with van der Waals surface area (Å²) in [5, 5.41) is 11.4. The highest BCUT2D eigenvalue weighted by Crippen LogP contribution is 2.15. The number of carbonyl (C=O) groups is 4. The van der Waals surface area contributed by atoms with Gasteiger partial charge in [0.2, 0.25) is 5.91 Å². The van der Waals surface area contributed by atoms with Crippen LogP contribution in [0.15, 0.2) is 0 Å². The van der Waals surface area contributed by atoms with E-state index in [4.69, 9.17) is 10.8 Å². The fourth-order valence-corrected chi connectivity index (χ4v) is 2.04. The minimum Gasteiger partial charge on any atom is -0.480 e. The molecule has 118 valence electrons. The zero-order valence-corrected chi connectivity index (χ0v) is 11.7. The van der Waals surface area contributed by atoms with Crippen LogP contribution in [0.1, 0.15) is 19.3 Å². The van der Waals surface area contributed by atoms with Gasteiger partial charge in [-0.3, -0.25) is 9.59 Å². The van der Waals surface area contributed by atoms with Gasteiger partial charge in [-0.05, 0) is 12.8 Å². The van der Waals surface area contributed by atoms with E-state index in [-0.39, 0.29) is 19.4 Å². The maximum absolute atomic E-state index is 11.9. The second-order valence-corrected chi connectivity index (χ2v) is 4.79. The van der Waals surface area contributed by atoms with Gasteiger partial charge in [0.15, 0.2) is 0 Å². The fraction of sp³-hybridized carbons (Fsp3) is 0.667. The molecule has 1 fully saturated rings. The molecule has 1 heterocycles. The topological polar surface area (TPSA) is 139 Å². The second-order valence-electron chi connectivity index (χ2n) is 4.79. The molecular formula is C12H19N3O6. The number of methoxy groups -OCH3 is 1. The second kappa shape index (κ2) is 7.46. The van der Waals surface area contributed by atoms with Gasteiger partial charge in [0.05, 0.1) is 13.0 Å². The van der Waals surface area contributed by atoms with E-state index in [2.05, 4.69) is 10.1 Å². The summed E-state index contributed by atoms with van der Waals surface area (Å²) in [4.78, 5) is 46.4. The Morgan fingerprint density at radius 1 is 1.43 bits per heavy atom. The number of ether oxygens (including phenoxy) is 1. The molecule has 1 aliphatic heterocycles. The number of nitrogens with two attached hydrogens (primary N) is 1. The van der Waals surface area contributed by atoms with E-state index >= 15 is 0 Å². The molecule has 3 amide bonds. The number of carboxylic acids is 1. The molecule has 0 aromatic rings. The molecule has 0 saturated carbocycles. The largest absolute Gasteiger partial charge is 0.480 e. The highest BCUT2D eigenvalue weighted by molar-refractivity contribution is 5.84. The van der Waals surface area contributed by atoms with Crippen molar-refractivity contribution in [3.05, 3.63) is 0 Å². The maximum atomic E-state index is 11.9. The van der Waals surface area contributed by atoms with Crippen molar-refractivity contribution in [2.75, 3.05) is 20.2 Å². The quantitative estimate of drug-likeness (QED) is 0.533. The van der Waals surface area contributed by atoms with Gasteiger partial charge < -0.3 is 25.8 Å². The van der Waals surface area contributed by atoms with Crippen LogP contribution in [0.4, 0.5) is 4.79 Å². The molecule has 1 rings (SSSR count). The van der Waals surface area contributed by atoms with Gasteiger partial charge in [0, 0.05) is 19.5 Å². The van der Waals surface area contributed by atoms with Crippen LogP contribution in [0, 0.1) is 5.92 Å². The maximum Gasteiger partial charge on any atom is 0.326 e. The lowest BCUT2D eigenvalue weighted by Crippen LogP contribution is -2.47. The van der Waals surface area contributed by atoms with Gasteiger partial charge in [-0.15, -0.1) is 0 Å². The normalized spacial score (nSPS) is 18.9. The minimum atomic E-state index is -1.24. The third-order valence-corrected chi connectivity index (χ3v) is 3.34. The summed E-state index contributed by atoms with van der Waals surface area (Å²) in [5.74, 6) is -2.68. The Morgan fingerprint density at radius 2 is 2.10 bits per heavy atom. The third kappa shape index (κ3) is 4.93. The average Bonchev–Trinajstić information content (AvgIpc) is 2.92. The Morgan fingerprint density at radius 3 is 2.57 bits per heavy atom. The first-order chi connectivity index (χ1) is 9.85. The van der Waals surface area contributed by atoms with Gasteiger partial charge >= 0.3 is 18.0 Å². The van der Waals surface area contributed by atoms with Crippen molar-refractivity contribution in [2.24, 2.45) is 11.7 Å². The highest BCUT2D eigenvalue weighted by atomic mass is 16.5. The molecule has 0 bridgehead atoms. The molecule has 1 aliphatic rings. The molecule has 4 N–H and O–H groups in total. The summed E-state index contributed by atoms with van der Waals surface area (Å²) in [6.07, 6.45) is 0.279. The van der Waals surface area contributed by atoms with E-state index < -0.39 is 35.8 Å². The number of amides is 3. The lowest BCUT2D eigenvalue weighted by Gasteiger charge is -2.20. The number of carboxylic acid groups (broad SMARTS) is 1. The number of rotatable bonds is 6. The predicted molar refractivity (Wildman–Crippen MR) is 70.1 cm³/mol. The van der Waals surface area contributed by atoms with Crippen molar-refractivity contribution in [2.45, 2.75) is 25.3 Å². The monoisotopic (exact) mass is 301 g/mol. The van der Waals surface area contributed by atoms with Crippen molar-refractivity contribution in [3.63, 3.8) is 0 Å². The smallest absolute Gasteiger partial charge is 0.326 e. The number of hydrogen-bond donors (Lipinski definition) is 3. The zero-order chi connectivity index (χ0) is 16.0. The van der Waals surface area contributed by atoms with Gasteiger partial charge in [-0.1, -0.05) is 0 Å². The van der Waals surface area contributed by atoms with E-state index in [0.717, 1.165) is 0 Å². The first-order valence-corrected chi connectivity index (χ1v) is 6.49. The zero-order valence-electron chi connectivity index (χ0n) is 11.7. The molecule has 0 spiro atoms. The third-order valence-electron chi connectivity index (χ3n) is 3.34. The molecule has 9 nitrogen and oxygen atoms in total.